The van der Waals surface area contributed by atoms with Gasteiger partial charge in [-0.2, -0.15) is 5.10 Å². The van der Waals surface area contributed by atoms with Gasteiger partial charge in [0.2, 0.25) is 5.91 Å². The molecule has 2 aliphatic heterocycles. The number of amides is 1. The molecule has 6 rings (SSSR count). The van der Waals surface area contributed by atoms with Gasteiger partial charge in [-0.05, 0) is 62.4 Å². The molecule has 0 spiro atoms. The Bertz CT molecular complexity index is 1230. The number of fused-ring (bicyclic) bond motifs is 1. The Kier molecular flexibility index (Phi) is 6.57. The van der Waals surface area contributed by atoms with Crippen molar-refractivity contribution < 1.29 is 4.79 Å². The summed E-state index contributed by atoms with van der Waals surface area (Å²) in [5.74, 6) is 1.34. The van der Waals surface area contributed by atoms with Gasteiger partial charge in [0.05, 0.1) is 11.2 Å². The first kappa shape index (κ1) is 24.3. The molecular weight excluding hydrogens is 460 g/mol. The van der Waals surface area contributed by atoms with Crippen molar-refractivity contribution in [2.24, 2.45) is 11.8 Å². The minimum Gasteiger partial charge on any atom is -0.369 e. The second-order valence-corrected chi connectivity index (χ2v) is 11.5. The van der Waals surface area contributed by atoms with Crippen molar-refractivity contribution in [2.75, 3.05) is 62.2 Å². The number of anilines is 2. The highest BCUT2D eigenvalue weighted by molar-refractivity contribution is 5.82. The molecule has 7 heteroatoms. The SMILES string of the molecule is CC1CC(C(=O)N2CCN(c3ccnn4cc(-c5ccc(N6CCN(C(C)C)CC6)cc5)cc34)CC2)C1. The van der Waals surface area contributed by atoms with Crippen LogP contribution in [-0.2, 0) is 4.79 Å². The maximum Gasteiger partial charge on any atom is 0.225 e. The van der Waals surface area contributed by atoms with E-state index in [1.807, 2.05) is 10.7 Å². The minimum absolute atomic E-state index is 0.262. The van der Waals surface area contributed by atoms with Gasteiger partial charge in [0.15, 0.2) is 0 Å². The first-order chi connectivity index (χ1) is 18.0. The number of aromatic nitrogens is 2. The minimum atomic E-state index is 0.262. The number of benzene rings is 1. The van der Waals surface area contributed by atoms with Gasteiger partial charge in [-0.25, -0.2) is 4.52 Å². The fourth-order valence-corrected chi connectivity index (χ4v) is 6.32. The molecule has 3 fully saturated rings. The van der Waals surface area contributed by atoms with E-state index < -0.39 is 0 Å². The van der Waals surface area contributed by atoms with E-state index >= 15 is 0 Å². The predicted octanol–water partition coefficient (Wildman–Crippen LogP) is 4.23. The highest BCUT2D eigenvalue weighted by atomic mass is 16.2. The van der Waals surface area contributed by atoms with Crippen molar-refractivity contribution in [1.82, 2.24) is 19.4 Å². The summed E-state index contributed by atoms with van der Waals surface area (Å²) < 4.78 is 2.00. The molecule has 0 radical (unpaired) electrons. The molecule has 4 heterocycles. The van der Waals surface area contributed by atoms with E-state index in [9.17, 15) is 4.79 Å². The smallest absolute Gasteiger partial charge is 0.225 e. The van der Waals surface area contributed by atoms with Gasteiger partial charge >= 0.3 is 0 Å². The van der Waals surface area contributed by atoms with Crippen LogP contribution in [0.2, 0.25) is 0 Å². The Balaban J connectivity index is 1.13. The van der Waals surface area contributed by atoms with Crippen molar-refractivity contribution in [3.8, 4) is 11.1 Å². The molecule has 0 unspecified atom stereocenters. The van der Waals surface area contributed by atoms with Crippen LogP contribution in [0.25, 0.3) is 16.6 Å². The predicted molar refractivity (Wildman–Crippen MR) is 150 cm³/mol. The van der Waals surface area contributed by atoms with E-state index in [-0.39, 0.29) is 5.92 Å². The second-order valence-electron chi connectivity index (χ2n) is 11.5. The zero-order valence-electron chi connectivity index (χ0n) is 22.5. The summed E-state index contributed by atoms with van der Waals surface area (Å²) in [5, 5.41) is 4.60. The lowest BCUT2D eigenvalue weighted by Gasteiger charge is -2.40. The number of nitrogens with zero attached hydrogens (tertiary/aromatic N) is 6. The van der Waals surface area contributed by atoms with Gasteiger partial charge in [-0.3, -0.25) is 9.69 Å². The van der Waals surface area contributed by atoms with E-state index in [4.69, 9.17) is 0 Å². The van der Waals surface area contributed by atoms with Gasteiger partial charge in [-0.1, -0.05) is 19.1 Å². The molecule has 3 aromatic rings. The lowest BCUT2D eigenvalue weighted by molar-refractivity contribution is -0.140. The Labute approximate surface area is 220 Å². The Morgan fingerprint density at radius 3 is 2.19 bits per heavy atom. The molecular formula is C30H40N6O. The summed E-state index contributed by atoms with van der Waals surface area (Å²) >= 11 is 0. The van der Waals surface area contributed by atoms with E-state index in [2.05, 4.69) is 88.1 Å². The summed E-state index contributed by atoms with van der Waals surface area (Å²) in [4.78, 5) is 22.3. The van der Waals surface area contributed by atoms with Crippen LogP contribution in [0, 0.1) is 11.8 Å². The molecule has 2 saturated heterocycles. The molecule has 37 heavy (non-hydrogen) atoms. The number of hydrogen-bond donors (Lipinski definition) is 0. The number of carbonyl (C=O) groups excluding carboxylic acids is 1. The second kappa shape index (κ2) is 10.0. The van der Waals surface area contributed by atoms with Crippen molar-refractivity contribution in [2.45, 2.75) is 39.7 Å². The van der Waals surface area contributed by atoms with Gasteiger partial charge in [0.25, 0.3) is 0 Å². The number of carbonyl (C=O) groups is 1. The fraction of sp³-hybridized carbons (Fsp3) is 0.533. The maximum absolute atomic E-state index is 12.8. The zero-order valence-corrected chi connectivity index (χ0v) is 22.5. The average Bonchev–Trinajstić information content (AvgIpc) is 3.36. The van der Waals surface area contributed by atoms with E-state index in [1.165, 1.54) is 22.5 Å². The van der Waals surface area contributed by atoms with Crippen molar-refractivity contribution in [1.29, 1.82) is 0 Å². The number of piperazine rings is 2. The quantitative estimate of drug-likeness (QED) is 0.525. The van der Waals surface area contributed by atoms with Gasteiger partial charge in [0, 0.05) is 88.0 Å². The molecule has 196 valence electrons. The van der Waals surface area contributed by atoms with Gasteiger partial charge < -0.3 is 14.7 Å². The van der Waals surface area contributed by atoms with Crippen LogP contribution in [0.3, 0.4) is 0 Å². The molecule has 1 aromatic carbocycles. The third-order valence-corrected chi connectivity index (χ3v) is 8.75. The molecule has 3 aliphatic rings. The van der Waals surface area contributed by atoms with Crippen LogP contribution in [-0.4, -0.2) is 83.7 Å². The highest BCUT2D eigenvalue weighted by Gasteiger charge is 2.35. The molecule has 1 aliphatic carbocycles. The maximum atomic E-state index is 12.8. The molecule has 1 amide bonds. The molecule has 1 saturated carbocycles. The normalized spacial score (nSPS) is 23.1. The summed E-state index contributed by atoms with van der Waals surface area (Å²) in [7, 11) is 0. The van der Waals surface area contributed by atoms with Crippen molar-refractivity contribution in [3.63, 3.8) is 0 Å². The molecule has 7 nitrogen and oxygen atoms in total. The average molecular weight is 501 g/mol. The summed E-state index contributed by atoms with van der Waals surface area (Å²) in [6.07, 6.45) is 6.14. The van der Waals surface area contributed by atoms with Gasteiger partial charge in [-0.15, -0.1) is 0 Å². The van der Waals surface area contributed by atoms with Crippen molar-refractivity contribution >= 4 is 22.8 Å². The monoisotopic (exact) mass is 500 g/mol. The Morgan fingerprint density at radius 2 is 1.54 bits per heavy atom. The third-order valence-electron chi connectivity index (χ3n) is 8.75. The lowest BCUT2D eigenvalue weighted by atomic mass is 9.75. The summed E-state index contributed by atoms with van der Waals surface area (Å²) in [6, 6.07) is 14.0. The van der Waals surface area contributed by atoms with Crippen LogP contribution < -0.4 is 9.80 Å². The topological polar surface area (TPSA) is 47.3 Å². The highest BCUT2D eigenvalue weighted by Crippen LogP contribution is 2.35. The molecule has 2 aromatic heterocycles. The number of hydrogen-bond acceptors (Lipinski definition) is 5. The van der Waals surface area contributed by atoms with Crippen molar-refractivity contribution in [3.05, 3.63) is 48.8 Å². The molecule has 0 N–H and O–H groups in total. The summed E-state index contributed by atoms with van der Waals surface area (Å²) in [6.45, 7) is 14.6. The Hall–Kier alpha value is -3.06. The first-order valence-corrected chi connectivity index (χ1v) is 14.1. The van der Waals surface area contributed by atoms with Gasteiger partial charge in [0.1, 0.15) is 0 Å². The first-order valence-electron chi connectivity index (χ1n) is 14.1. The molecule has 0 atom stereocenters. The summed E-state index contributed by atoms with van der Waals surface area (Å²) in [5.41, 5.74) is 6.03. The zero-order chi connectivity index (χ0) is 25.5. The largest absolute Gasteiger partial charge is 0.369 e. The number of rotatable bonds is 5. The fourth-order valence-electron chi connectivity index (χ4n) is 6.32. The molecule has 0 bridgehead atoms. The van der Waals surface area contributed by atoms with E-state index in [0.29, 0.717) is 17.9 Å². The van der Waals surface area contributed by atoms with Crippen LogP contribution in [0.15, 0.2) is 48.8 Å². The third kappa shape index (κ3) is 4.81. The van der Waals surface area contributed by atoms with Crippen LogP contribution >= 0.6 is 0 Å². The van der Waals surface area contributed by atoms with E-state index in [1.54, 1.807) is 0 Å². The van der Waals surface area contributed by atoms with E-state index in [0.717, 1.165) is 70.7 Å². The van der Waals surface area contributed by atoms with Crippen LogP contribution in [0.4, 0.5) is 11.4 Å². The lowest BCUT2D eigenvalue weighted by Crippen LogP contribution is -2.52. The standard InChI is InChI=1S/C30H40N6O/c1-22(2)32-10-12-33(13-11-32)27-6-4-24(5-7-27)26-20-29-28(8-9-31-36(29)21-26)34-14-16-35(17-15-34)30(37)25-18-23(3)19-25/h4-9,20-23,25H,10-19H2,1-3H3. The van der Waals surface area contributed by atoms with Crippen LogP contribution in [0.5, 0.6) is 0 Å². The van der Waals surface area contributed by atoms with Crippen LogP contribution in [0.1, 0.15) is 33.6 Å². The Morgan fingerprint density at radius 1 is 0.865 bits per heavy atom.